The maximum atomic E-state index is 12.3. The molecular formula is C15H18N2O3. The molecule has 5 nitrogen and oxygen atoms in total. The maximum absolute atomic E-state index is 12.3. The van der Waals surface area contributed by atoms with Crippen LogP contribution in [0.1, 0.15) is 31.3 Å². The third kappa shape index (κ3) is 2.71. The van der Waals surface area contributed by atoms with Gasteiger partial charge in [0.25, 0.3) is 0 Å². The maximum Gasteiger partial charge on any atom is 0.362 e. The summed E-state index contributed by atoms with van der Waals surface area (Å²) >= 11 is 0. The second kappa shape index (κ2) is 5.86. The summed E-state index contributed by atoms with van der Waals surface area (Å²) in [7, 11) is 0. The van der Waals surface area contributed by atoms with Crippen molar-refractivity contribution in [2.45, 2.75) is 27.3 Å². The summed E-state index contributed by atoms with van der Waals surface area (Å²) in [5.74, 6) is -0.316. The standard InChI is InChI=1S/C15H18N2O3/c1-4-20-15(19)13-14(18)11-7-5-6-8-12(11)17(16-13)9-10(2)3/h5-8,10H,4,9H2,1-3H3. The molecule has 0 atom stereocenters. The summed E-state index contributed by atoms with van der Waals surface area (Å²) in [4.78, 5) is 24.2. The molecule has 0 saturated heterocycles. The van der Waals surface area contributed by atoms with E-state index in [0.29, 0.717) is 17.8 Å². The van der Waals surface area contributed by atoms with E-state index in [1.165, 1.54) is 0 Å². The minimum Gasteiger partial charge on any atom is -0.461 e. The van der Waals surface area contributed by atoms with Crippen molar-refractivity contribution in [3.63, 3.8) is 0 Å². The van der Waals surface area contributed by atoms with Gasteiger partial charge in [0.05, 0.1) is 12.1 Å². The van der Waals surface area contributed by atoms with E-state index < -0.39 is 5.97 Å². The molecule has 0 fully saturated rings. The molecule has 2 rings (SSSR count). The zero-order valence-electron chi connectivity index (χ0n) is 11.9. The summed E-state index contributed by atoms with van der Waals surface area (Å²) < 4.78 is 6.60. The average molecular weight is 274 g/mol. The fraction of sp³-hybridized carbons (Fsp3) is 0.400. The SMILES string of the molecule is CCOC(=O)c1nn(CC(C)C)c2ccccc2c1=O. The number of para-hydroxylation sites is 1. The molecule has 0 aliphatic carbocycles. The number of aromatic nitrogens is 2. The van der Waals surface area contributed by atoms with Crippen LogP contribution in [0.15, 0.2) is 29.1 Å². The van der Waals surface area contributed by atoms with Gasteiger partial charge in [-0.1, -0.05) is 26.0 Å². The third-order valence-electron chi connectivity index (χ3n) is 2.87. The topological polar surface area (TPSA) is 61.2 Å². The Bertz CT molecular complexity index is 689. The van der Waals surface area contributed by atoms with Gasteiger partial charge < -0.3 is 4.74 Å². The van der Waals surface area contributed by atoms with Gasteiger partial charge in [0.1, 0.15) is 0 Å². The van der Waals surface area contributed by atoms with Crippen molar-refractivity contribution in [3.05, 3.63) is 40.2 Å². The van der Waals surface area contributed by atoms with Crippen LogP contribution < -0.4 is 5.43 Å². The smallest absolute Gasteiger partial charge is 0.362 e. The second-order valence-corrected chi connectivity index (χ2v) is 4.99. The van der Waals surface area contributed by atoms with Gasteiger partial charge in [0.15, 0.2) is 0 Å². The predicted octanol–water partition coefficient (Wildman–Crippen LogP) is 2.23. The number of esters is 1. The van der Waals surface area contributed by atoms with Gasteiger partial charge in [0, 0.05) is 11.9 Å². The Balaban J connectivity index is 2.68. The lowest BCUT2D eigenvalue weighted by Gasteiger charge is -2.13. The van der Waals surface area contributed by atoms with Crippen molar-refractivity contribution in [1.82, 2.24) is 9.78 Å². The molecule has 0 amide bonds. The normalized spacial score (nSPS) is 11.0. The predicted molar refractivity (Wildman–Crippen MR) is 76.8 cm³/mol. The van der Waals surface area contributed by atoms with E-state index in [2.05, 4.69) is 18.9 Å². The van der Waals surface area contributed by atoms with E-state index in [1.54, 1.807) is 23.7 Å². The first kappa shape index (κ1) is 14.2. The molecule has 0 unspecified atom stereocenters. The number of nitrogens with zero attached hydrogens (tertiary/aromatic N) is 2. The van der Waals surface area contributed by atoms with E-state index in [0.717, 1.165) is 5.52 Å². The fourth-order valence-corrected chi connectivity index (χ4v) is 2.06. The molecule has 106 valence electrons. The molecule has 0 aliphatic rings. The van der Waals surface area contributed by atoms with Crippen LogP contribution in [0.3, 0.4) is 0 Å². The molecule has 0 N–H and O–H groups in total. The van der Waals surface area contributed by atoms with Crippen LogP contribution in [0.5, 0.6) is 0 Å². The van der Waals surface area contributed by atoms with Crippen molar-refractivity contribution in [3.8, 4) is 0 Å². The highest BCUT2D eigenvalue weighted by atomic mass is 16.5. The molecule has 0 spiro atoms. The Morgan fingerprint density at radius 3 is 2.70 bits per heavy atom. The monoisotopic (exact) mass is 274 g/mol. The summed E-state index contributed by atoms with van der Waals surface area (Å²) in [5, 5.41) is 4.68. The van der Waals surface area contributed by atoms with Crippen LogP contribution in [0.2, 0.25) is 0 Å². The highest BCUT2D eigenvalue weighted by Gasteiger charge is 2.18. The van der Waals surface area contributed by atoms with Gasteiger partial charge in [-0.25, -0.2) is 4.79 Å². The zero-order chi connectivity index (χ0) is 14.7. The molecule has 0 saturated carbocycles. The summed E-state index contributed by atoms with van der Waals surface area (Å²) in [6.45, 7) is 6.66. The van der Waals surface area contributed by atoms with E-state index >= 15 is 0 Å². The van der Waals surface area contributed by atoms with Crippen molar-refractivity contribution >= 4 is 16.9 Å². The minimum atomic E-state index is -0.666. The van der Waals surface area contributed by atoms with E-state index in [-0.39, 0.29) is 17.7 Å². The number of hydrogen-bond acceptors (Lipinski definition) is 4. The van der Waals surface area contributed by atoms with Gasteiger partial charge >= 0.3 is 5.97 Å². The molecule has 1 aromatic carbocycles. The van der Waals surface area contributed by atoms with Crippen LogP contribution in [0.4, 0.5) is 0 Å². The molecule has 20 heavy (non-hydrogen) atoms. The quantitative estimate of drug-likeness (QED) is 0.802. The molecule has 1 aromatic heterocycles. The molecule has 2 aromatic rings. The number of benzene rings is 1. The summed E-state index contributed by atoms with van der Waals surface area (Å²) in [6.07, 6.45) is 0. The Labute approximate surface area is 117 Å². The lowest BCUT2D eigenvalue weighted by Crippen LogP contribution is -2.25. The van der Waals surface area contributed by atoms with Gasteiger partial charge in [0.2, 0.25) is 11.1 Å². The number of carbonyl (C=O) groups excluding carboxylic acids is 1. The summed E-state index contributed by atoms with van der Waals surface area (Å²) in [6, 6.07) is 7.17. The van der Waals surface area contributed by atoms with Crippen LogP contribution >= 0.6 is 0 Å². The molecule has 0 radical (unpaired) electrons. The molecule has 0 bridgehead atoms. The number of rotatable bonds is 4. The lowest BCUT2D eigenvalue weighted by atomic mass is 10.1. The zero-order valence-corrected chi connectivity index (χ0v) is 11.9. The van der Waals surface area contributed by atoms with Crippen molar-refractivity contribution in [2.75, 3.05) is 6.61 Å². The average Bonchev–Trinajstić information content (AvgIpc) is 2.42. The van der Waals surface area contributed by atoms with Crippen LogP contribution in [0.25, 0.3) is 10.9 Å². The highest BCUT2D eigenvalue weighted by Crippen LogP contribution is 2.12. The largest absolute Gasteiger partial charge is 0.461 e. The van der Waals surface area contributed by atoms with Gasteiger partial charge in [-0.3, -0.25) is 9.48 Å². The van der Waals surface area contributed by atoms with Gasteiger partial charge in [-0.15, -0.1) is 0 Å². The highest BCUT2D eigenvalue weighted by molar-refractivity contribution is 5.91. The van der Waals surface area contributed by atoms with E-state index in [4.69, 9.17) is 4.74 Å². The van der Waals surface area contributed by atoms with Crippen molar-refractivity contribution in [1.29, 1.82) is 0 Å². The Morgan fingerprint density at radius 1 is 1.35 bits per heavy atom. The van der Waals surface area contributed by atoms with Crippen molar-refractivity contribution in [2.24, 2.45) is 5.92 Å². The van der Waals surface area contributed by atoms with Crippen LogP contribution in [-0.4, -0.2) is 22.4 Å². The van der Waals surface area contributed by atoms with Crippen LogP contribution in [0, 0.1) is 5.92 Å². The Hall–Kier alpha value is -2.17. The Morgan fingerprint density at radius 2 is 2.05 bits per heavy atom. The van der Waals surface area contributed by atoms with E-state index in [9.17, 15) is 9.59 Å². The fourth-order valence-electron chi connectivity index (χ4n) is 2.06. The first-order chi connectivity index (χ1) is 9.54. The molecule has 5 heteroatoms. The molecule has 1 heterocycles. The molecule has 0 aliphatic heterocycles. The van der Waals surface area contributed by atoms with Gasteiger partial charge in [-0.05, 0) is 25.0 Å². The van der Waals surface area contributed by atoms with Crippen molar-refractivity contribution < 1.29 is 9.53 Å². The van der Waals surface area contributed by atoms with E-state index in [1.807, 2.05) is 12.1 Å². The second-order valence-electron chi connectivity index (χ2n) is 4.99. The molecular weight excluding hydrogens is 256 g/mol. The minimum absolute atomic E-state index is 0.147. The first-order valence-electron chi connectivity index (χ1n) is 6.71. The lowest BCUT2D eigenvalue weighted by molar-refractivity contribution is 0.0515. The Kier molecular flexibility index (Phi) is 4.17. The van der Waals surface area contributed by atoms with Gasteiger partial charge in [-0.2, -0.15) is 5.10 Å². The number of fused-ring (bicyclic) bond motifs is 1. The number of ether oxygens (including phenoxy) is 1. The third-order valence-corrected chi connectivity index (χ3v) is 2.87. The number of hydrogen-bond donors (Lipinski definition) is 0. The number of carbonyl (C=O) groups is 1. The van der Waals surface area contributed by atoms with Crippen LogP contribution in [-0.2, 0) is 11.3 Å². The summed E-state index contributed by atoms with van der Waals surface area (Å²) in [5.41, 5.74) is 0.213. The first-order valence-corrected chi connectivity index (χ1v) is 6.71.